The second-order valence-electron chi connectivity index (χ2n) is 12.3. The van der Waals surface area contributed by atoms with E-state index in [0.717, 1.165) is 41.9 Å². The van der Waals surface area contributed by atoms with Crippen molar-refractivity contribution < 1.29 is 4.39 Å². The van der Waals surface area contributed by atoms with Crippen molar-refractivity contribution in [3.8, 4) is 0 Å². The summed E-state index contributed by atoms with van der Waals surface area (Å²) in [4.78, 5) is 0. The van der Waals surface area contributed by atoms with Crippen LogP contribution in [0.1, 0.15) is 111 Å². The van der Waals surface area contributed by atoms with E-state index < -0.39 is 0 Å². The summed E-state index contributed by atoms with van der Waals surface area (Å²) in [5.41, 5.74) is 1.28. The van der Waals surface area contributed by atoms with Gasteiger partial charge in [-0.3, -0.25) is 4.39 Å². The van der Waals surface area contributed by atoms with Gasteiger partial charge in [-0.05, 0) is 110 Å². The van der Waals surface area contributed by atoms with Gasteiger partial charge in [0.15, 0.2) is 0 Å². The fourth-order valence-corrected chi connectivity index (χ4v) is 9.34. The van der Waals surface area contributed by atoms with Gasteiger partial charge in [0.05, 0.1) is 6.67 Å². The molecule has 0 N–H and O–H groups in total. The van der Waals surface area contributed by atoms with E-state index in [0.29, 0.717) is 10.8 Å². The lowest BCUT2D eigenvalue weighted by molar-refractivity contribution is -0.114. The summed E-state index contributed by atoms with van der Waals surface area (Å²) in [6.45, 7) is 9.87. The third-order valence-electron chi connectivity index (χ3n) is 11.0. The lowest BCUT2D eigenvalue weighted by Gasteiger charge is -2.61. The highest BCUT2D eigenvalue weighted by Crippen LogP contribution is 2.68. The second-order valence-corrected chi connectivity index (χ2v) is 12.3. The lowest BCUT2D eigenvalue weighted by Crippen LogP contribution is -2.53. The van der Waals surface area contributed by atoms with E-state index in [1.807, 2.05) is 0 Å². The van der Waals surface area contributed by atoms with Crippen LogP contribution in [0, 0.1) is 52.3 Å². The predicted molar refractivity (Wildman–Crippen MR) is 118 cm³/mol. The largest absolute Gasteiger partial charge is 0.251 e. The molecule has 1 heteroatoms. The van der Waals surface area contributed by atoms with Crippen LogP contribution in [0.2, 0.25) is 0 Å². The summed E-state index contributed by atoms with van der Waals surface area (Å²) < 4.78 is 12.8. The molecule has 4 rings (SSSR count). The van der Waals surface area contributed by atoms with E-state index >= 15 is 0 Å². The van der Waals surface area contributed by atoms with Crippen molar-refractivity contribution in [3.05, 3.63) is 0 Å². The van der Waals surface area contributed by atoms with Gasteiger partial charge in [-0.1, -0.05) is 53.4 Å². The Morgan fingerprint density at radius 3 is 2.39 bits per heavy atom. The monoisotopic (exact) mass is 390 g/mol. The fourth-order valence-electron chi connectivity index (χ4n) is 9.34. The molecular weight excluding hydrogens is 343 g/mol. The lowest BCUT2D eigenvalue weighted by atomic mass is 9.44. The molecular formula is C27H47F. The quantitative estimate of drug-likeness (QED) is 0.427. The molecule has 0 radical (unpaired) electrons. The molecule has 0 heterocycles. The summed E-state index contributed by atoms with van der Waals surface area (Å²) in [6.07, 6.45) is 18.8. The molecule has 9 atom stereocenters. The summed E-state index contributed by atoms with van der Waals surface area (Å²) in [7, 11) is 0. The van der Waals surface area contributed by atoms with Gasteiger partial charge in [0.25, 0.3) is 0 Å². The molecule has 0 aromatic heterocycles. The van der Waals surface area contributed by atoms with Gasteiger partial charge in [0.2, 0.25) is 0 Å². The number of rotatable bonds is 6. The first kappa shape index (κ1) is 21.2. The molecule has 4 fully saturated rings. The molecule has 28 heavy (non-hydrogen) atoms. The summed E-state index contributed by atoms with van der Waals surface area (Å²) in [6, 6.07) is 0. The van der Waals surface area contributed by atoms with Gasteiger partial charge < -0.3 is 0 Å². The zero-order chi connectivity index (χ0) is 19.9. The molecule has 2 unspecified atom stereocenters. The number of hydrogen-bond acceptors (Lipinski definition) is 0. The Labute approximate surface area is 174 Å². The zero-order valence-corrected chi connectivity index (χ0v) is 19.3. The SMILES string of the molecule is CC(CF)CCC[C@@H](C)[C@H]1CC[C@H]2[C@@H]3CCC4CCCC[C@]4(C)[C@H]3CC[C@]12C. The first-order chi connectivity index (χ1) is 13.4. The highest BCUT2D eigenvalue weighted by atomic mass is 19.1. The highest BCUT2D eigenvalue weighted by molar-refractivity contribution is 5.09. The van der Waals surface area contributed by atoms with Crippen LogP contribution in [0.3, 0.4) is 0 Å². The number of fused-ring (bicyclic) bond motifs is 5. The van der Waals surface area contributed by atoms with Crippen molar-refractivity contribution in [1.29, 1.82) is 0 Å². The highest BCUT2D eigenvalue weighted by Gasteiger charge is 2.59. The summed E-state index contributed by atoms with van der Waals surface area (Å²) >= 11 is 0. The minimum atomic E-state index is -0.138. The average Bonchev–Trinajstić information content (AvgIpc) is 3.04. The van der Waals surface area contributed by atoms with Crippen LogP contribution in [0.25, 0.3) is 0 Å². The molecule has 4 aliphatic rings. The van der Waals surface area contributed by atoms with Crippen LogP contribution in [-0.4, -0.2) is 6.67 Å². The maximum atomic E-state index is 12.8. The van der Waals surface area contributed by atoms with Crippen molar-refractivity contribution in [2.24, 2.45) is 52.3 Å². The minimum Gasteiger partial charge on any atom is -0.251 e. The third-order valence-corrected chi connectivity index (χ3v) is 11.0. The molecule has 4 saturated carbocycles. The van der Waals surface area contributed by atoms with Crippen LogP contribution >= 0.6 is 0 Å². The maximum absolute atomic E-state index is 12.8. The smallest absolute Gasteiger partial charge is 0.0919 e. The molecule has 0 nitrogen and oxygen atoms in total. The van der Waals surface area contributed by atoms with E-state index in [1.54, 1.807) is 6.42 Å². The molecule has 4 aliphatic carbocycles. The third kappa shape index (κ3) is 3.49. The minimum absolute atomic E-state index is 0.138. The fraction of sp³-hybridized carbons (Fsp3) is 1.00. The zero-order valence-electron chi connectivity index (χ0n) is 19.3. The first-order valence-electron chi connectivity index (χ1n) is 13.0. The van der Waals surface area contributed by atoms with Gasteiger partial charge in [0, 0.05) is 0 Å². The predicted octanol–water partition coefficient (Wildman–Crippen LogP) is 8.45. The molecule has 0 aromatic carbocycles. The molecule has 0 bridgehead atoms. The molecule has 0 saturated heterocycles. The van der Waals surface area contributed by atoms with Crippen LogP contribution in [0.5, 0.6) is 0 Å². The molecule has 0 spiro atoms. The molecule has 162 valence electrons. The molecule has 0 amide bonds. The van der Waals surface area contributed by atoms with Gasteiger partial charge >= 0.3 is 0 Å². The van der Waals surface area contributed by atoms with Gasteiger partial charge in [0.1, 0.15) is 0 Å². The normalized spacial score (nSPS) is 47.7. The van der Waals surface area contributed by atoms with Crippen molar-refractivity contribution in [2.45, 2.75) is 111 Å². The standard InChI is InChI=1S/C27H47F/c1-19(18-28)8-7-9-20(2)23-13-14-24-22-12-11-21-10-5-6-16-26(21,3)25(22)15-17-27(23,24)4/h19-25H,5-18H2,1-4H3/t19?,20-,21?,22+,23-,24+,25+,26+,27-/m1/s1. The Morgan fingerprint density at radius 2 is 1.61 bits per heavy atom. The van der Waals surface area contributed by atoms with E-state index in [9.17, 15) is 4.39 Å². The van der Waals surface area contributed by atoms with Crippen LogP contribution in [0.15, 0.2) is 0 Å². The summed E-state index contributed by atoms with van der Waals surface area (Å²) in [5.74, 6) is 6.13. The van der Waals surface area contributed by atoms with Gasteiger partial charge in [-0.15, -0.1) is 0 Å². The van der Waals surface area contributed by atoms with Crippen molar-refractivity contribution in [2.75, 3.05) is 6.67 Å². The molecule has 0 aliphatic heterocycles. The Balaban J connectivity index is 1.43. The maximum Gasteiger partial charge on any atom is 0.0919 e. The number of halogens is 1. The summed E-state index contributed by atoms with van der Waals surface area (Å²) in [5, 5.41) is 0. The second kappa shape index (κ2) is 8.22. The average molecular weight is 391 g/mol. The van der Waals surface area contributed by atoms with Crippen molar-refractivity contribution >= 4 is 0 Å². The van der Waals surface area contributed by atoms with Crippen molar-refractivity contribution in [1.82, 2.24) is 0 Å². The van der Waals surface area contributed by atoms with Gasteiger partial charge in [-0.2, -0.15) is 0 Å². The first-order valence-corrected chi connectivity index (χ1v) is 13.0. The Hall–Kier alpha value is -0.0700. The van der Waals surface area contributed by atoms with E-state index in [1.165, 1.54) is 70.6 Å². The molecule has 0 aromatic rings. The van der Waals surface area contributed by atoms with E-state index in [4.69, 9.17) is 0 Å². The Kier molecular flexibility index (Phi) is 6.22. The van der Waals surface area contributed by atoms with Gasteiger partial charge in [-0.25, -0.2) is 0 Å². The number of alkyl halides is 1. The topological polar surface area (TPSA) is 0 Å². The van der Waals surface area contributed by atoms with Crippen LogP contribution in [-0.2, 0) is 0 Å². The van der Waals surface area contributed by atoms with Crippen LogP contribution < -0.4 is 0 Å². The number of hydrogen-bond donors (Lipinski definition) is 0. The Morgan fingerprint density at radius 1 is 0.821 bits per heavy atom. The Bertz CT molecular complexity index is 528. The van der Waals surface area contributed by atoms with Crippen molar-refractivity contribution in [3.63, 3.8) is 0 Å². The van der Waals surface area contributed by atoms with Crippen LogP contribution in [0.4, 0.5) is 4.39 Å². The van der Waals surface area contributed by atoms with E-state index in [2.05, 4.69) is 27.7 Å². The van der Waals surface area contributed by atoms with E-state index in [-0.39, 0.29) is 12.6 Å².